The Labute approximate surface area is 149 Å². The van der Waals surface area contributed by atoms with Crippen LogP contribution in [-0.4, -0.2) is 32.9 Å². The van der Waals surface area contributed by atoms with Gasteiger partial charge in [-0.3, -0.25) is 0 Å². The fraction of sp³-hybridized carbons (Fsp3) is 0.947. The molecule has 0 aromatic carbocycles. The van der Waals surface area contributed by atoms with Crippen molar-refractivity contribution in [1.29, 1.82) is 0 Å². The predicted octanol–water partition coefficient (Wildman–Crippen LogP) is 5.27. The van der Waals surface area contributed by atoms with E-state index in [1.807, 2.05) is 6.92 Å². The van der Waals surface area contributed by atoms with Crippen molar-refractivity contribution in [1.82, 2.24) is 0 Å². The van der Waals surface area contributed by atoms with Crippen LogP contribution in [0, 0.1) is 5.92 Å². The first-order valence-electron chi connectivity index (χ1n) is 9.51. The maximum atomic E-state index is 10.7. The molecule has 1 saturated heterocycles. The molecule has 0 N–H and O–H groups in total. The van der Waals surface area contributed by atoms with Gasteiger partial charge in [-0.25, -0.2) is 9.78 Å². The molecule has 0 aromatic rings. The molecule has 1 rings (SSSR count). The molecule has 0 bridgehead atoms. The average Bonchev–Trinajstić information content (AvgIpc) is 2.47. The summed E-state index contributed by atoms with van der Waals surface area (Å²) >= 11 is 0. The summed E-state index contributed by atoms with van der Waals surface area (Å²) in [4.78, 5) is 21.9. The second-order valence-electron chi connectivity index (χ2n) is 8.68. The van der Waals surface area contributed by atoms with E-state index < -0.39 is 13.9 Å². The van der Waals surface area contributed by atoms with Crippen LogP contribution < -0.4 is 0 Å². The van der Waals surface area contributed by atoms with Crippen LogP contribution in [0.15, 0.2) is 0 Å². The van der Waals surface area contributed by atoms with Gasteiger partial charge >= 0.3 is 0 Å². The van der Waals surface area contributed by atoms with E-state index in [0.29, 0.717) is 23.0 Å². The molecule has 0 saturated carbocycles. The van der Waals surface area contributed by atoms with Gasteiger partial charge in [0, 0.05) is 18.9 Å². The third-order valence-electron chi connectivity index (χ3n) is 5.78. The number of carbonyl (C=O) groups excluding carboxylic acids is 1. The lowest BCUT2D eigenvalue weighted by molar-refractivity contribution is -0.410. The summed E-state index contributed by atoms with van der Waals surface area (Å²) < 4.78 is 6.68. The van der Waals surface area contributed by atoms with Crippen molar-refractivity contribution in [2.24, 2.45) is 5.92 Å². The largest absolute Gasteiger partial charge is 0.416 e. The quantitative estimate of drug-likeness (QED) is 0.320. The van der Waals surface area contributed by atoms with Gasteiger partial charge in [0.2, 0.25) is 0 Å². The highest BCUT2D eigenvalue weighted by molar-refractivity contribution is 6.77. The van der Waals surface area contributed by atoms with Gasteiger partial charge < -0.3 is 9.22 Å². The van der Waals surface area contributed by atoms with Crippen molar-refractivity contribution in [3.05, 3.63) is 0 Å². The summed E-state index contributed by atoms with van der Waals surface area (Å²) in [6, 6.07) is 0. The Morgan fingerprint density at radius 3 is 2.04 bits per heavy atom. The Balaban J connectivity index is 2.65. The zero-order chi connectivity index (χ0) is 18.5. The van der Waals surface area contributed by atoms with Crippen molar-refractivity contribution < 1.29 is 19.0 Å². The second-order valence-corrected chi connectivity index (χ2v) is 14.1. The highest BCUT2D eigenvalue weighted by Gasteiger charge is 2.45. The minimum absolute atomic E-state index is 0.0444. The SMILES string of the molecule is CC(C)[Si](OC[C@@H](C)[C@H]1CCC(C)(CC=O)OO1)(C(C)C)C(C)C. The van der Waals surface area contributed by atoms with Gasteiger partial charge in [0.25, 0.3) is 0 Å². The van der Waals surface area contributed by atoms with Crippen LogP contribution in [0.25, 0.3) is 0 Å². The monoisotopic (exact) mass is 358 g/mol. The molecule has 1 unspecified atom stereocenters. The summed E-state index contributed by atoms with van der Waals surface area (Å²) in [6.45, 7) is 18.7. The summed E-state index contributed by atoms with van der Waals surface area (Å²) in [5, 5.41) is 0. The summed E-state index contributed by atoms with van der Waals surface area (Å²) in [6.07, 6.45) is 3.10. The van der Waals surface area contributed by atoms with E-state index in [2.05, 4.69) is 48.5 Å². The van der Waals surface area contributed by atoms with Crippen LogP contribution in [0.5, 0.6) is 0 Å². The third-order valence-corrected chi connectivity index (χ3v) is 11.9. The van der Waals surface area contributed by atoms with Gasteiger partial charge in [-0.15, -0.1) is 0 Å². The summed E-state index contributed by atoms with van der Waals surface area (Å²) in [5.74, 6) is 0.286. The highest BCUT2D eigenvalue weighted by atomic mass is 28.4. The molecule has 0 aromatic heterocycles. The third kappa shape index (κ3) is 4.90. The van der Waals surface area contributed by atoms with Gasteiger partial charge in [0.1, 0.15) is 11.9 Å². The fourth-order valence-corrected chi connectivity index (χ4v) is 9.84. The van der Waals surface area contributed by atoms with Crippen LogP contribution in [0.1, 0.15) is 74.7 Å². The molecule has 142 valence electrons. The molecular formula is C19H38O4Si. The van der Waals surface area contributed by atoms with Crippen LogP contribution in [0.3, 0.4) is 0 Å². The number of carbonyl (C=O) groups is 1. The molecule has 3 atom stereocenters. The van der Waals surface area contributed by atoms with E-state index in [0.717, 1.165) is 25.7 Å². The molecule has 1 fully saturated rings. The topological polar surface area (TPSA) is 44.8 Å². The number of hydrogen-bond donors (Lipinski definition) is 0. The smallest absolute Gasteiger partial charge is 0.200 e. The van der Waals surface area contributed by atoms with E-state index in [1.54, 1.807) is 0 Å². The Morgan fingerprint density at radius 1 is 1.12 bits per heavy atom. The number of aldehydes is 1. The second kappa shape index (κ2) is 8.92. The number of hydrogen-bond acceptors (Lipinski definition) is 4. The first kappa shape index (κ1) is 21.8. The molecular weight excluding hydrogens is 320 g/mol. The summed E-state index contributed by atoms with van der Waals surface area (Å²) in [7, 11) is -1.84. The van der Waals surface area contributed by atoms with Gasteiger partial charge in [-0.05, 0) is 36.4 Å². The maximum Gasteiger partial charge on any atom is 0.200 e. The standard InChI is InChI=1S/C19H38O4Si/c1-14(2)24(15(3)4,16(5)6)21-13-17(7)18-9-10-19(8,11-12-20)23-22-18/h12,14-18H,9-11,13H2,1-8H3/t17-,18-,19?/m1/s1. The van der Waals surface area contributed by atoms with Crippen molar-refractivity contribution in [2.45, 2.75) is 103 Å². The molecule has 0 radical (unpaired) electrons. The minimum Gasteiger partial charge on any atom is -0.416 e. The number of rotatable bonds is 9. The molecule has 1 heterocycles. The lowest BCUT2D eigenvalue weighted by Gasteiger charge is -2.44. The Kier molecular flexibility index (Phi) is 8.11. The predicted molar refractivity (Wildman–Crippen MR) is 100 cm³/mol. The molecule has 1 aliphatic heterocycles. The van der Waals surface area contributed by atoms with Crippen LogP contribution >= 0.6 is 0 Å². The van der Waals surface area contributed by atoms with Crippen LogP contribution in [-0.2, 0) is 19.0 Å². The van der Waals surface area contributed by atoms with Gasteiger partial charge in [-0.2, -0.15) is 0 Å². The van der Waals surface area contributed by atoms with E-state index in [-0.39, 0.29) is 12.0 Å². The summed E-state index contributed by atoms with van der Waals surface area (Å²) in [5.41, 5.74) is 1.29. The Bertz CT molecular complexity index is 365. The average molecular weight is 359 g/mol. The lowest BCUT2D eigenvalue weighted by Crippen LogP contribution is -2.49. The van der Waals surface area contributed by atoms with Crippen LogP contribution in [0.2, 0.25) is 16.6 Å². The fourth-order valence-electron chi connectivity index (χ4n) is 4.29. The van der Waals surface area contributed by atoms with E-state index in [4.69, 9.17) is 14.2 Å². The molecule has 5 heteroatoms. The zero-order valence-electron chi connectivity index (χ0n) is 16.9. The van der Waals surface area contributed by atoms with E-state index in [1.165, 1.54) is 0 Å². The van der Waals surface area contributed by atoms with Gasteiger partial charge in [0.05, 0.1) is 6.10 Å². The normalized spacial score (nSPS) is 27.0. The first-order chi connectivity index (χ1) is 11.1. The minimum atomic E-state index is -1.84. The van der Waals surface area contributed by atoms with Crippen LogP contribution in [0.4, 0.5) is 0 Å². The van der Waals surface area contributed by atoms with E-state index in [9.17, 15) is 4.79 Å². The lowest BCUT2D eigenvalue weighted by atomic mass is 9.90. The van der Waals surface area contributed by atoms with Crippen molar-refractivity contribution >= 4 is 14.6 Å². The molecule has 0 amide bonds. The highest BCUT2D eigenvalue weighted by Crippen LogP contribution is 2.43. The molecule has 0 spiro atoms. The van der Waals surface area contributed by atoms with Gasteiger partial charge in [0.15, 0.2) is 8.32 Å². The van der Waals surface area contributed by atoms with Crippen molar-refractivity contribution in [3.8, 4) is 0 Å². The Morgan fingerprint density at radius 2 is 1.67 bits per heavy atom. The van der Waals surface area contributed by atoms with E-state index >= 15 is 0 Å². The molecule has 1 aliphatic rings. The zero-order valence-corrected chi connectivity index (χ0v) is 17.9. The van der Waals surface area contributed by atoms with Crippen molar-refractivity contribution in [3.63, 3.8) is 0 Å². The maximum absolute atomic E-state index is 10.7. The molecule has 24 heavy (non-hydrogen) atoms. The van der Waals surface area contributed by atoms with Crippen molar-refractivity contribution in [2.75, 3.05) is 6.61 Å². The molecule has 0 aliphatic carbocycles. The first-order valence-corrected chi connectivity index (χ1v) is 11.6. The Hall–Kier alpha value is -0.233. The molecule has 4 nitrogen and oxygen atoms in total. The van der Waals surface area contributed by atoms with Gasteiger partial charge in [-0.1, -0.05) is 48.5 Å².